The molecule has 0 bridgehead atoms. The first-order valence-electron chi connectivity index (χ1n) is 5.13. The third-order valence-electron chi connectivity index (χ3n) is 2.24. The zero-order chi connectivity index (χ0) is 14.0. The van der Waals surface area contributed by atoms with Gasteiger partial charge in [-0.25, -0.2) is 4.98 Å². The molecule has 0 amide bonds. The first kappa shape index (κ1) is 13.5. The maximum absolute atomic E-state index is 12.8. The van der Waals surface area contributed by atoms with E-state index in [9.17, 15) is 13.2 Å². The summed E-state index contributed by atoms with van der Waals surface area (Å²) >= 11 is 5.82. The number of ether oxygens (including phenoxy) is 1. The van der Waals surface area contributed by atoms with Crippen LogP contribution >= 0.6 is 11.6 Å². The minimum Gasteiger partial charge on any atom is -0.437 e. The summed E-state index contributed by atoms with van der Waals surface area (Å²) in [5.41, 5.74) is 4.87. The molecule has 0 spiro atoms. The number of aromatic nitrogens is 1. The van der Waals surface area contributed by atoms with Crippen molar-refractivity contribution in [2.24, 2.45) is 0 Å². The van der Waals surface area contributed by atoms with E-state index in [4.69, 9.17) is 22.1 Å². The molecule has 3 nitrogen and oxygen atoms in total. The molecule has 1 aromatic carbocycles. The lowest BCUT2D eigenvalue weighted by atomic mass is 10.2. The Morgan fingerprint density at radius 3 is 2.63 bits per heavy atom. The molecule has 0 aliphatic rings. The van der Waals surface area contributed by atoms with E-state index in [2.05, 4.69) is 4.98 Å². The maximum Gasteiger partial charge on any atom is 0.421 e. The van der Waals surface area contributed by atoms with E-state index >= 15 is 0 Å². The fraction of sp³-hybridized carbons (Fsp3) is 0.0833. The fourth-order valence-electron chi connectivity index (χ4n) is 1.39. The van der Waals surface area contributed by atoms with Gasteiger partial charge in [-0.1, -0.05) is 11.6 Å². The van der Waals surface area contributed by atoms with Crippen LogP contribution in [0.1, 0.15) is 5.56 Å². The Bertz CT molecular complexity index is 602. The second-order valence-corrected chi connectivity index (χ2v) is 4.05. The maximum atomic E-state index is 12.8. The van der Waals surface area contributed by atoms with Gasteiger partial charge in [0.1, 0.15) is 11.3 Å². The molecule has 7 heteroatoms. The number of rotatable bonds is 2. The highest BCUT2D eigenvalue weighted by molar-refractivity contribution is 6.32. The molecule has 0 aliphatic carbocycles. The predicted molar refractivity (Wildman–Crippen MR) is 65.2 cm³/mol. The summed E-state index contributed by atoms with van der Waals surface area (Å²) in [7, 11) is 0. The van der Waals surface area contributed by atoms with Gasteiger partial charge < -0.3 is 10.5 Å². The van der Waals surface area contributed by atoms with E-state index in [1.165, 1.54) is 30.5 Å². The zero-order valence-electron chi connectivity index (χ0n) is 9.41. The number of pyridine rings is 1. The Labute approximate surface area is 111 Å². The number of nitrogens with zero attached hydrogens (tertiary/aromatic N) is 1. The van der Waals surface area contributed by atoms with Gasteiger partial charge in [0.2, 0.25) is 5.88 Å². The number of alkyl halides is 3. The summed E-state index contributed by atoms with van der Waals surface area (Å²) in [6.07, 6.45) is -3.36. The SMILES string of the molecule is Nc1ccc(Cl)c(Oc2ncccc2C(F)(F)F)c1. The van der Waals surface area contributed by atoms with Crippen molar-refractivity contribution in [2.75, 3.05) is 5.73 Å². The lowest BCUT2D eigenvalue weighted by Crippen LogP contribution is -2.08. The van der Waals surface area contributed by atoms with Gasteiger partial charge in [-0.05, 0) is 24.3 Å². The highest BCUT2D eigenvalue weighted by Crippen LogP contribution is 2.38. The summed E-state index contributed by atoms with van der Waals surface area (Å²) in [5.74, 6) is -0.548. The van der Waals surface area contributed by atoms with Gasteiger partial charge in [-0.2, -0.15) is 13.2 Å². The number of benzene rings is 1. The van der Waals surface area contributed by atoms with Crippen LogP contribution in [0.4, 0.5) is 18.9 Å². The molecule has 0 saturated heterocycles. The van der Waals surface area contributed by atoms with E-state index < -0.39 is 17.6 Å². The van der Waals surface area contributed by atoms with Gasteiger partial charge in [0.25, 0.3) is 0 Å². The van der Waals surface area contributed by atoms with Crippen LogP contribution in [0.2, 0.25) is 5.02 Å². The molecule has 0 atom stereocenters. The zero-order valence-corrected chi connectivity index (χ0v) is 10.2. The number of hydrogen-bond donors (Lipinski definition) is 1. The van der Waals surface area contributed by atoms with E-state index in [0.29, 0.717) is 5.69 Å². The predicted octanol–water partition coefficient (Wildman–Crippen LogP) is 4.13. The minimum atomic E-state index is -4.56. The number of nitrogens with two attached hydrogens (primary N) is 1. The lowest BCUT2D eigenvalue weighted by Gasteiger charge is -2.13. The van der Waals surface area contributed by atoms with Crippen molar-refractivity contribution in [1.29, 1.82) is 0 Å². The average Bonchev–Trinajstić information content (AvgIpc) is 2.33. The number of hydrogen-bond acceptors (Lipinski definition) is 3. The molecule has 0 radical (unpaired) electrons. The highest BCUT2D eigenvalue weighted by atomic mass is 35.5. The van der Waals surface area contributed by atoms with Gasteiger partial charge in [-0.3, -0.25) is 0 Å². The topological polar surface area (TPSA) is 48.1 Å². The van der Waals surface area contributed by atoms with E-state index in [0.717, 1.165) is 6.07 Å². The second kappa shape index (κ2) is 4.97. The molecular weight excluding hydrogens is 281 g/mol. The molecule has 0 fully saturated rings. The van der Waals surface area contributed by atoms with Gasteiger partial charge in [0.15, 0.2) is 0 Å². The molecule has 2 rings (SSSR count). The van der Waals surface area contributed by atoms with Crippen LogP contribution in [0.3, 0.4) is 0 Å². The first-order chi connectivity index (χ1) is 8.88. The molecule has 0 saturated carbocycles. The first-order valence-corrected chi connectivity index (χ1v) is 5.51. The summed E-state index contributed by atoms with van der Waals surface area (Å²) in [6.45, 7) is 0. The van der Waals surface area contributed by atoms with E-state index in [-0.39, 0.29) is 10.8 Å². The quantitative estimate of drug-likeness (QED) is 0.845. The smallest absolute Gasteiger partial charge is 0.421 e. The molecule has 0 unspecified atom stereocenters. The summed E-state index contributed by atoms with van der Waals surface area (Å²) in [4.78, 5) is 3.57. The van der Waals surface area contributed by atoms with Crippen LogP contribution in [0.25, 0.3) is 0 Å². The molecule has 19 heavy (non-hydrogen) atoms. The van der Waals surface area contributed by atoms with Crippen molar-refractivity contribution in [3.63, 3.8) is 0 Å². The highest BCUT2D eigenvalue weighted by Gasteiger charge is 2.35. The van der Waals surface area contributed by atoms with Crippen molar-refractivity contribution < 1.29 is 17.9 Å². The molecule has 2 N–H and O–H groups in total. The Morgan fingerprint density at radius 2 is 1.95 bits per heavy atom. The van der Waals surface area contributed by atoms with Crippen LogP contribution in [0.15, 0.2) is 36.5 Å². The molecular formula is C12H8ClF3N2O. The molecule has 2 aromatic rings. The summed E-state index contributed by atoms with van der Waals surface area (Å²) in [6, 6.07) is 6.33. The van der Waals surface area contributed by atoms with Gasteiger partial charge in [0.05, 0.1) is 5.02 Å². The van der Waals surface area contributed by atoms with Crippen molar-refractivity contribution in [3.8, 4) is 11.6 Å². The molecule has 0 aliphatic heterocycles. The molecule has 1 heterocycles. The monoisotopic (exact) mass is 288 g/mol. The van der Waals surface area contributed by atoms with E-state index in [1.54, 1.807) is 0 Å². The normalized spacial score (nSPS) is 11.4. The fourth-order valence-corrected chi connectivity index (χ4v) is 1.55. The van der Waals surface area contributed by atoms with E-state index in [1.807, 2.05) is 0 Å². The summed E-state index contributed by atoms with van der Waals surface area (Å²) in [5, 5.41) is 0.146. The van der Waals surface area contributed by atoms with Crippen LogP contribution < -0.4 is 10.5 Å². The van der Waals surface area contributed by atoms with Gasteiger partial charge >= 0.3 is 6.18 Å². The molecule has 1 aromatic heterocycles. The van der Waals surface area contributed by atoms with Crippen molar-refractivity contribution in [1.82, 2.24) is 4.98 Å². The number of anilines is 1. The second-order valence-electron chi connectivity index (χ2n) is 3.65. The Balaban J connectivity index is 2.41. The number of halogens is 4. The largest absolute Gasteiger partial charge is 0.437 e. The standard InChI is InChI=1S/C12H8ClF3N2O/c13-9-4-3-7(17)6-10(9)19-11-8(12(14,15)16)2-1-5-18-11/h1-6H,17H2. The van der Waals surface area contributed by atoms with Crippen molar-refractivity contribution in [2.45, 2.75) is 6.18 Å². The van der Waals surface area contributed by atoms with Crippen molar-refractivity contribution in [3.05, 3.63) is 47.1 Å². The van der Waals surface area contributed by atoms with Gasteiger partial charge in [-0.15, -0.1) is 0 Å². The third-order valence-corrected chi connectivity index (χ3v) is 2.55. The van der Waals surface area contributed by atoms with Gasteiger partial charge in [0, 0.05) is 18.0 Å². The van der Waals surface area contributed by atoms with Crippen LogP contribution in [-0.2, 0) is 6.18 Å². The summed E-state index contributed by atoms with van der Waals surface area (Å²) < 4.78 is 43.4. The van der Waals surface area contributed by atoms with Crippen molar-refractivity contribution >= 4 is 17.3 Å². The Kier molecular flexibility index (Phi) is 3.53. The minimum absolute atomic E-state index is 0.0193. The number of nitrogen functional groups attached to an aromatic ring is 1. The van der Waals surface area contributed by atoms with Crippen LogP contribution in [0.5, 0.6) is 11.6 Å². The Hall–Kier alpha value is -1.95. The third kappa shape index (κ3) is 3.08. The average molecular weight is 289 g/mol. The Morgan fingerprint density at radius 1 is 1.21 bits per heavy atom. The molecule has 100 valence electrons. The lowest BCUT2D eigenvalue weighted by molar-refractivity contribution is -0.138. The van der Waals surface area contributed by atoms with Crippen LogP contribution in [-0.4, -0.2) is 4.98 Å². The van der Waals surface area contributed by atoms with Crippen LogP contribution in [0, 0.1) is 0 Å².